The van der Waals surface area contributed by atoms with Crippen molar-refractivity contribution in [3.8, 4) is 5.75 Å². The lowest BCUT2D eigenvalue weighted by atomic mass is 10.2. The van der Waals surface area contributed by atoms with Crippen LogP contribution in [0.4, 0.5) is 0 Å². The van der Waals surface area contributed by atoms with Crippen LogP contribution in [0.3, 0.4) is 0 Å². The Labute approximate surface area is 128 Å². The molecular formula is C16H27ClN2O. The fourth-order valence-corrected chi connectivity index (χ4v) is 2.62. The zero-order chi connectivity index (χ0) is 15.1. The van der Waals surface area contributed by atoms with E-state index >= 15 is 0 Å². The van der Waals surface area contributed by atoms with E-state index in [2.05, 4.69) is 37.9 Å². The Morgan fingerprint density at radius 3 is 2.40 bits per heavy atom. The standard InChI is InChI=1S/C16H27ClN2O/c1-12(2)19(13(3)4)9-8-18-11-14-10-15(17)6-7-16(14)20-5/h6-7,10,12-13,18H,8-9,11H2,1-5H3. The number of benzene rings is 1. The normalized spacial score (nSPS) is 11.7. The molecule has 0 bridgehead atoms. The lowest BCUT2D eigenvalue weighted by molar-refractivity contribution is 0.175. The third-order valence-electron chi connectivity index (χ3n) is 3.43. The van der Waals surface area contributed by atoms with Gasteiger partial charge in [0.25, 0.3) is 0 Å². The summed E-state index contributed by atoms with van der Waals surface area (Å²) in [6.45, 7) is 11.7. The molecule has 1 aromatic carbocycles. The molecule has 0 amide bonds. The van der Waals surface area contributed by atoms with Crippen LogP contribution in [0, 0.1) is 0 Å². The van der Waals surface area contributed by atoms with E-state index < -0.39 is 0 Å². The molecule has 0 radical (unpaired) electrons. The maximum atomic E-state index is 6.03. The van der Waals surface area contributed by atoms with Crippen molar-refractivity contribution in [1.29, 1.82) is 0 Å². The number of ether oxygens (including phenoxy) is 1. The van der Waals surface area contributed by atoms with Crippen molar-refractivity contribution in [2.45, 2.75) is 46.3 Å². The maximum Gasteiger partial charge on any atom is 0.123 e. The van der Waals surface area contributed by atoms with Crippen molar-refractivity contribution < 1.29 is 4.74 Å². The second-order valence-electron chi connectivity index (χ2n) is 5.56. The van der Waals surface area contributed by atoms with E-state index in [0.29, 0.717) is 12.1 Å². The predicted octanol–water partition coefficient (Wildman–Crippen LogP) is 3.56. The largest absolute Gasteiger partial charge is 0.496 e. The Kier molecular flexibility index (Phi) is 7.35. The van der Waals surface area contributed by atoms with Crippen molar-refractivity contribution in [3.05, 3.63) is 28.8 Å². The highest BCUT2D eigenvalue weighted by Crippen LogP contribution is 2.22. The van der Waals surface area contributed by atoms with Gasteiger partial charge in [-0.3, -0.25) is 4.90 Å². The molecule has 0 unspecified atom stereocenters. The van der Waals surface area contributed by atoms with Gasteiger partial charge in [-0.15, -0.1) is 0 Å². The average Bonchev–Trinajstić information content (AvgIpc) is 2.37. The van der Waals surface area contributed by atoms with Gasteiger partial charge in [0.2, 0.25) is 0 Å². The van der Waals surface area contributed by atoms with Gasteiger partial charge >= 0.3 is 0 Å². The van der Waals surface area contributed by atoms with E-state index in [4.69, 9.17) is 16.3 Å². The second kappa shape index (κ2) is 8.50. The van der Waals surface area contributed by atoms with Gasteiger partial charge in [-0.1, -0.05) is 11.6 Å². The zero-order valence-corrected chi connectivity index (χ0v) is 14.0. The number of rotatable bonds is 8. The van der Waals surface area contributed by atoms with E-state index in [-0.39, 0.29) is 0 Å². The minimum atomic E-state index is 0.567. The first-order valence-electron chi connectivity index (χ1n) is 7.24. The summed E-state index contributed by atoms with van der Waals surface area (Å²) in [5.74, 6) is 0.881. The molecule has 0 aliphatic carbocycles. The van der Waals surface area contributed by atoms with Crippen molar-refractivity contribution >= 4 is 11.6 Å². The van der Waals surface area contributed by atoms with E-state index in [1.165, 1.54) is 0 Å². The first-order chi connectivity index (χ1) is 9.45. The molecular weight excluding hydrogens is 272 g/mol. The SMILES string of the molecule is COc1ccc(Cl)cc1CNCCN(C(C)C)C(C)C. The smallest absolute Gasteiger partial charge is 0.123 e. The summed E-state index contributed by atoms with van der Waals surface area (Å²) in [4.78, 5) is 2.47. The van der Waals surface area contributed by atoms with Crippen LogP contribution in [-0.4, -0.2) is 37.2 Å². The van der Waals surface area contributed by atoms with Crippen LogP contribution in [0.1, 0.15) is 33.3 Å². The highest BCUT2D eigenvalue weighted by atomic mass is 35.5. The third-order valence-corrected chi connectivity index (χ3v) is 3.67. The molecule has 20 heavy (non-hydrogen) atoms. The van der Waals surface area contributed by atoms with E-state index in [1.54, 1.807) is 7.11 Å². The van der Waals surface area contributed by atoms with E-state index in [0.717, 1.165) is 36.0 Å². The van der Waals surface area contributed by atoms with Crippen LogP contribution in [0.5, 0.6) is 5.75 Å². The third kappa shape index (κ3) is 5.31. The molecule has 0 saturated carbocycles. The van der Waals surface area contributed by atoms with Gasteiger partial charge in [0.15, 0.2) is 0 Å². The number of hydrogen-bond acceptors (Lipinski definition) is 3. The van der Waals surface area contributed by atoms with Gasteiger partial charge in [0.05, 0.1) is 7.11 Å². The van der Waals surface area contributed by atoms with Crippen molar-refractivity contribution in [1.82, 2.24) is 10.2 Å². The van der Waals surface area contributed by atoms with Crippen LogP contribution in [-0.2, 0) is 6.54 Å². The molecule has 0 spiro atoms. The van der Waals surface area contributed by atoms with Gasteiger partial charge in [-0.25, -0.2) is 0 Å². The Morgan fingerprint density at radius 2 is 1.85 bits per heavy atom. The minimum Gasteiger partial charge on any atom is -0.496 e. The predicted molar refractivity (Wildman–Crippen MR) is 86.7 cm³/mol. The average molecular weight is 299 g/mol. The second-order valence-corrected chi connectivity index (χ2v) is 5.99. The van der Waals surface area contributed by atoms with E-state index in [9.17, 15) is 0 Å². The molecule has 0 aromatic heterocycles. The Bertz CT molecular complexity index is 399. The van der Waals surface area contributed by atoms with Gasteiger partial charge in [-0.05, 0) is 45.9 Å². The fourth-order valence-electron chi connectivity index (χ4n) is 2.43. The summed E-state index contributed by atoms with van der Waals surface area (Å²) in [6.07, 6.45) is 0. The molecule has 0 atom stereocenters. The first-order valence-corrected chi connectivity index (χ1v) is 7.62. The molecule has 0 heterocycles. The fraction of sp³-hybridized carbons (Fsp3) is 0.625. The molecule has 1 N–H and O–H groups in total. The molecule has 3 nitrogen and oxygen atoms in total. The Morgan fingerprint density at radius 1 is 1.20 bits per heavy atom. The zero-order valence-electron chi connectivity index (χ0n) is 13.2. The van der Waals surface area contributed by atoms with Crippen LogP contribution < -0.4 is 10.1 Å². The lowest BCUT2D eigenvalue weighted by Crippen LogP contribution is -2.41. The van der Waals surface area contributed by atoms with Gasteiger partial charge < -0.3 is 10.1 Å². The van der Waals surface area contributed by atoms with Crippen molar-refractivity contribution in [2.75, 3.05) is 20.2 Å². The summed E-state index contributed by atoms with van der Waals surface area (Å²) < 4.78 is 5.35. The van der Waals surface area contributed by atoms with Crippen LogP contribution in [0.25, 0.3) is 0 Å². The summed E-state index contributed by atoms with van der Waals surface area (Å²) >= 11 is 6.03. The van der Waals surface area contributed by atoms with Crippen LogP contribution in [0.2, 0.25) is 5.02 Å². The highest BCUT2D eigenvalue weighted by molar-refractivity contribution is 6.30. The lowest BCUT2D eigenvalue weighted by Gasteiger charge is -2.30. The molecule has 1 rings (SSSR count). The van der Waals surface area contributed by atoms with E-state index in [1.807, 2.05) is 18.2 Å². The van der Waals surface area contributed by atoms with Crippen LogP contribution in [0.15, 0.2) is 18.2 Å². The molecule has 0 aliphatic rings. The Hall–Kier alpha value is -0.770. The van der Waals surface area contributed by atoms with Crippen molar-refractivity contribution in [2.24, 2.45) is 0 Å². The highest BCUT2D eigenvalue weighted by Gasteiger charge is 2.12. The molecule has 0 aliphatic heterocycles. The molecule has 4 heteroatoms. The summed E-state index contributed by atoms with van der Waals surface area (Å²) in [5, 5.41) is 4.21. The monoisotopic (exact) mass is 298 g/mol. The number of nitrogens with zero attached hydrogens (tertiary/aromatic N) is 1. The Balaban J connectivity index is 2.46. The van der Waals surface area contributed by atoms with Gasteiger partial charge in [0, 0.05) is 42.3 Å². The van der Waals surface area contributed by atoms with Gasteiger partial charge in [0.1, 0.15) is 5.75 Å². The molecule has 114 valence electrons. The van der Waals surface area contributed by atoms with Crippen LogP contribution >= 0.6 is 11.6 Å². The molecule has 0 saturated heterocycles. The minimum absolute atomic E-state index is 0.567. The first kappa shape index (κ1) is 17.3. The summed E-state index contributed by atoms with van der Waals surface area (Å²) in [5.41, 5.74) is 1.10. The number of nitrogens with one attached hydrogen (secondary N) is 1. The topological polar surface area (TPSA) is 24.5 Å². The summed E-state index contributed by atoms with van der Waals surface area (Å²) in [7, 11) is 1.69. The van der Waals surface area contributed by atoms with Crippen molar-refractivity contribution in [3.63, 3.8) is 0 Å². The number of halogens is 1. The number of hydrogen-bond donors (Lipinski definition) is 1. The number of methoxy groups -OCH3 is 1. The molecule has 0 fully saturated rings. The quantitative estimate of drug-likeness (QED) is 0.743. The molecule has 1 aromatic rings. The van der Waals surface area contributed by atoms with Gasteiger partial charge in [-0.2, -0.15) is 0 Å². The summed E-state index contributed by atoms with van der Waals surface area (Å²) in [6, 6.07) is 6.85. The maximum absolute atomic E-state index is 6.03.